The number of carbonyl (C=O) groups is 1. The highest BCUT2D eigenvalue weighted by Crippen LogP contribution is 2.35. The van der Waals surface area contributed by atoms with E-state index in [1.807, 2.05) is 49.4 Å². The molecule has 0 saturated heterocycles. The van der Waals surface area contributed by atoms with Crippen LogP contribution in [0.5, 0.6) is 11.5 Å². The van der Waals surface area contributed by atoms with Crippen LogP contribution in [0.3, 0.4) is 0 Å². The molecule has 1 aliphatic heterocycles. The number of benzene rings is 2. The zero-order valence-electron chi connectivity index (χ0n) is 14.2. The molecule has 6 heteroatoms. The fraction of sp³-hybridized carbons (Fsp3) is 0.158. The van der Waals surface area contributed by atoms with Gasteiger partial charge in [0.25, 0.3) is 5.91 Å². The summed E-state index contributed by atoms with van der Waals surface area (Å²) < 4.78 is 10.7. The summed E-state index contributed by atoms with van der Waals surface area (Å²) in [5.41, 5.74) is 2.84. The lowest BCUT2D eigenvalue weighted by atomic mass is 10.1. The lowest BCUT2D eigenvalue weighted by Gasteiger charge is -2.10. The molecule has 128 valence electrons. The summed E-state index contributed by atoms with van der Waals surface area (Å²) in [4.78, 5) is 16.8. The van der Waals surface area contributed by atoms with E-state index < -0.39 is 0 Å². The average molecular weight is 354 g/mol. The monoisotopic (exact) mass is 354 g/mol. The largest absolute Gasteiger partial charge is 0.493 e. The third-order valence-electron chi connectivity index (χ3n) is 3.64. The van der Waals surface area contributed by atoms with Gasteiger partial charge in [0.2, 0.25) is 0 Å². The van der Waals surface area contributed by atoms with Gasteiger partial charge in [-0.1, -0.05) is 29.8 Å². The molecule has 0 saturated carbocycles. The Morgan fingerprint density at radius 1 is 1.08 bits per heavy atom. The molecule has 0 unspecified atom stereocenters. The minimum atomic E-state index is -0.274. The molecule has 0 atom stereocenters. The number of methoxy groups -OCH3 is 2. The second-order valence-corrected chi connectivity index (χ2v) is 6.44. The predicted molar refractivity (Wildman–Crippen MR) is 102 cm³/mol. The number of para-hydroxylation sites is 1. The zero-order chi connectivity index (χ0) is 17.8. The van der Waals surface area contributed by atoms with Gasteiger partial charge in [-0.3, -0.25) is 4.79 Å². The van der Waals surface area contributed by atoms with Crippen LogP contribution in [-0.2, 0) is 4.79 Å². The number of rotatable bonds is 4. The van der Waals surface area contributed by atoms with Gasteiger partial charge in [-0.05, 0) is 43.0 Å². The summed E-state index contributed by atoms with van der Waals surface area (Å²) in [5, 5.41) is 3.72. The van der Waals surface area contributed by atoms with Crippen molar-refractivity contribution >= 4 is 34.6 Å². The van der Waals surface area contributed by atoms with Gasteiger partial charge in [-0.25, -0.2) is 0 Å². The molecule has 1 aliphatic rings. The number of ether oxygens (including phenoxy) is 2. The van der Waals surface area contributed by atoms with Gasteiger partial charge in [0.15, 0.2) is 16.7 Å². The van der Waals surface area contributed by atoms with E-state index in [1.165, 1.54) is 17.3 Å². The van der Waals surface area contributed by atoms with Gasteiger partial charge < -0.3 is 14.8 Å². The molecule has 3 rings (SSSR count). The number of carbonyl (C=O) groups excluding carboxylic acids is 1. The van der Waals surface area contributed by atoms with E-state index in [0.717, 1.165) is 11.3 Å². The smallest absolute Gasteiger partial charge is 0.286 e. The first-order valence-corrected chi connectivity index (χ1v) is 8.49. The van der Waals surface area contributed by atoms with Crippen molar-refractivity contribution in [2.75, 3.05) is 19.5 Å². The maximum Gasteiger partial charge on any atom is 0.286 e. The van der Waals surface area contributed by atoms with Crippen molar-refractivity contribution in [3.05, 3.63) is 58.5 Å². The van der Waals surface area contributed by atoms with Crippen LogP contribution in [0.15, 0.2) is 52.4 Å². The Morgan fingerprint density at radius 3 is 2.52 bits per heavy atom. The SMILES string of the molecule is COc1cccc(C=C2SC(Nc3ccc(C)cc3)=NC2=O)c1OC. The fourth-order valence-corrected chi connectivity index (χ4v) is 3.21. The van der Waals surface area contributed by atoms with Crippen molar-refractivity contribution in [1.82, 2.24) is 0 Å². The first kappa shape index (κ1) is 17.1. The Bertz CT molecular complexity index is 857. The van der Waals surface area contributed by atoms with Crippen LogP contribution in [0.4, 0.5) is 5.69 Å². The zero-order valence-corrected chi connectivity index (χ0v) is 15.0. The summed E-state index contributed by atoms with van der Waals surface area (Å²) in [7, 11) is 3.15. The van der Waals surface area contributed by atoms with Crippen molar-refractivity contribution in [3.63, 3.8) is 0 Å². The normalized spacial score (nSPS) is 15.2. The molecular weight excluding hydrogens is 336 g/mol. The molecule has 0 radical (unpaired) electrons. The van der Waals surface area contributed by atoms with Crippen molar-refractivity contribution < 1.29 is 14.3 Å². The third-order valence-corrected chi connectivity index (χ3v) is 4.54. The van der Waals surface area contributed by atoms with E-state index in [-0.39, 0.29) is 5.91 Å². The molecule has 1 amide bonds. The second-order valence-electron chi connectivity index (χ2n) is 5.41. The van der Waals surface area contributed by atoms with E-state index in [4.69, 9.17) is 9.47 Å². The topological polar surface area (TPSA) is 59.9 Å². The molecule has 0 fully saturated rings. The minimum Gasteiger partial charge on any atom is -0.493 e. The van der Waals surface area contributed by atoms with Gasteiger partial charge in [-0.2, -0.15) is 4.99 Å². The third kappa shape index (κ3) is 3.85. The van der Waals surface area contributed by atoms with Crippen molar-refractivity contribution in [3.8, 4) is 11.5 Å². The van der Waals surface area contributed by atoms with Crippen LogP contribution >= 0.6 is 11.8 Å². The average Bonchev–Trinajstić information content (AvgIpc) is 2.95. The molecule has 0 spiro atoms. The number of hydrogen-bond acceptors (Lipinski definition) is 5. The molecule has 2 aromatic carbocycles. The molecule has 0 aromatic heterocycles. The van der Waals surface area contributed by atoms with Crippen LogP contribution < -0.4 is 14.8 Å². The van der Waals surface area contributed by atoms with E-state index >= 15 is 0 Å². The highest BCUT2D eigenvalue weighted by atomic mass is 32.2. The van der Waals surface area contributed by atoms with E-state index in [0.29, 0.717) is 21.6 Å². The van der Waals surface area contributed by atoms with Crippen LogP contribution in [0.25, 0.3) is 6.08 Å². The Morgan fingerprint density at radius 2 is 1.84 bits per heavy atom. The number of anilines is 1. The number of amides is 1. The van der Waals surface area contributed by atoms with Gasteiger partial charge in [-0.15, -0.1) is 0 Å². The van der Waals surface area contributed by atoms with E-state index in [9.17, 15) is 4.79 Å². The molecule has 0 bridgehead atoms. The van der Waals surface area contributed by atoms with Crippen molar-refractivity contribution in [2.45, 2.75) is 6.92 Å². The van der Waals surface area contributed by atoms with Gasteiger partial charge in [0.1, 0.15) is 0 Å². The molecule has 1 heterocycles. The fourth-order valence-electron chi connectivity index (χ4n) is 2.39. The molecule has 2 aromatic rings. The predicted octanol–water partition coefficient (Wildman–Crippen LogP) is 4.09. The standard InChI is InChI=1S/C19H18N2O3S/c1-12-7-9-14(10-8-12)20-19-21-18(22)16(25-19)11-13-5-4-6-15(23-2)17(13)24-3/h4-11H,1-3H3,(H,20,21,22). The number of aliphatic imine (C=N–C) groups is 1. The van der Waals surface area contributed by atoms with Gasteiger partial charge in [0, 0.05) is 11.3 Å². The number of aryl methyl sites for hydroxylation is 1. The summed E-state index contributed by atoms with van der Waals surface area (Å²) in [6, 6.07) is 13.4. The highest BCUT2D eigenvalue weighted by Gasteiger charge is 2.23. The highest BCUT2D eigenvalue weighted by molar-refractivity contribution is 8.18. The molecule has 5 nitrogen and oxygen atoms in total. The van der Waals surface area contributed by atoms with Crippen molar-refractivity contribution in [1.29, 1.82) is 0 Å². The number of nitrogens with zero attached hydrogens (tertiary/aromatic N) is 1. The Labute approximate surface area is 150 Å². The Hall–Kier alpha value is -2.73. The quantitative estimate of drug-likeness (QED) is 0.838. The lowest BCUT2D eigenvalue weighted by Crippen LogP contribution is -2.04. The molecule has 25 heavy (non-hydrogen) atoms. The van der Waals surface area contributed by atoms with Crippen LogP contribution in [-0.4, -0.2) is 25.3 Å². The number of thioether (sulfide) groups is 1. The lowest BCUT2D eigenvalue weighted by molar-refractivity contribution is -0.113. The van der Waals surface area contributed by atoms with Crippen LogP contribution in [0.2, 0.25) is 0 Å². The molecular formula is C19H18N2O3S. The van der Waals surface area contributed by atoms with E-state index in [2.05, 4.69) is 10.3 Å². The second kappa shape index (κ2) is 7.44. The maximum absolute atomic E-state index is 12.2. The number of amidine groups is 1. The first-order chi connectivity index (χ1) is 12.1. The Balaban J connectivity index is 1.81. The minimum absolute atomic E-state index is 0.274. The van der Waals surface area contributed by atoms with E-state index in [1.54, 1.807) is 20.3 Å². The van der Waals surface area contributed by atoms with Gasteiger partial charge in [0.05, 0.1) is 19.1 Å². The summed E-state index contributed by atoms with van der Waals surface area (Å²) >= 11 is 1.30. The summed E-state index contributed by atoms with van der Waals surface area (Å²) in [5.74, 6) is 0.932. The van der Waals surface area contributed by atoms with Crippen LogP contribution in [0.1, 0.15) is 11.1 Å². The Kier molecular flexibility index (Phi) is 5.09. The van der Waals surface area contributed by atoms with Crippen molar-refractivity contribution in [2.24, 2.45) is 4.99 Å². The first-order valence-electron chi connectivity index (χ1n) is 7.68. The number of hydrogen-bond donors (Lipinski definition) is 1. The maximum atomic E-state index is 12.2. The van der Waals surface area contributed by atoms with Gasteiger partial charge >= 0.3 is 0 Å². The number of nitrogens with one attached hydrogen (secondary N) is 1. The summed E-state index contributed by atoms with van der Waals surface area (Å²) in [6.45, 7) is 2.03. The van der Waals surface area contributed by atoms with Crippen LogP contribution in [0, 0.1) is 6.92 Å². The molecule has 0 aliphatic carbocycles. The summed E-state index contributed by atoms with van der Waals surface area (Å²) in [6.07, 6.45) is 1.77. The molecule has 1 N–H and O–H groups in total.